The molecule has 2 heteroatoms. The third-order valence-electron chi connectivity index (χ3n) is 3.22. The van der Waals surface area contributed by atoms with Crippen LogP contribution in [0.4, 0.5) is 0 Å². The van der Waals surface area contributed by atoms with Crippen LogP contribution in [0.3, 0.4) is 0 Å². The van der Waals surface area contributed by atoms with Crippen LogP contribution in [0.5, 0.6) is 5.75 Å². The van der Waals surface area contributed by atoms with Crippen molar-refractivity contribution in [3.63, 3.8) is 0 Å². The highest BCUT2D eigenvalue weighted by molar-refractivity contribution is 5.33. The van der Waals surface area contributed by atoms with Crippen molar-refractivity contribution >= 4 is 0 Å². The van der Waals surface area contributed by atoms with E-state index in [1.54, 1.807) is 0 Å². The lowest BCUT2D eigenvalue weighted by Gasteiger charge is -2.27. The minimum absolute atomic E-state index is 0.362. The summed E-state index contributed by atoms with van der Waals surface area (Å²) in [7, 11) is 0. The average Bonchev–Trinajstić information content (AvgIpc) is 2.20. The number of ether oxygens (including phenoxy) is 1. The summed E-state index contributed by atoms with van der Waals surface area (Å²) in [6, 6.07) is 6.78. The van der Waals surface area contributed by atoms with Crippen molar-refractivity contribution in [3.05, 3.63) is 29.3 Å². The van der Waals surface area contributed by atoms with Gasteiger partial charge in [-0.3, -0.25) is 0 Å². The van der Waals surface area contributed by atoms with Crippen LogP contribution in [0, 0.1) is 13.8 Å². The maximum atomic E-state index is 6.01. The third kappa shape index (κ3) is 2.99. The van der Waals surface area contributed by atoms with Gasteiger partial charge in [0.05, 0.1) is 6.10 Å². The first-order valence-electron chi connectivity index (χ1n) is 6.14. The summed E-state index contributed by atoms with van der Waals surface area (Å²) < 4.78 is 6.01. The van der Waals surface area contributed by atoms with Gasteiger partial charge in [0.15, 0.2) is 0 Å². The number of hydrogen-bond donors (Lipinski definition) is 1. The maximum Gasteiger partial charge on any atom is 0.120 e. The number of hydrogen-bond acceptors (Lipinski definition) is 2. The van der Waals surface area contributed by atoms with Crippen molar-refractivity contribution in [1.82, 2.24) is 0 Å². The zero-order valence-corrected chi connectivity index (χ0v) is 10.2. The van der Waals surface area contributed by atoms with Gasteiger partial charge < -0.3 is 10.5 Å². The Balaban J connectivity index is 1.98. The second-order valence-electron chi connectivity index (χ2n) is 4.98. The fourth-order valence-electron chi connectivity index (χ4n) is 2.40. The molecule has 1 aliphatic carbocycles. The molecule has 0 bridgehead atoms. The molecule has 1 fully saturated rings. The van der Waals surface area contributed by atoms with E-state index in [1.807, 2.05) is 0 Å². The van der Waals surface area contributed by atoms with E-state index in [9.17, 15) is 0 Å². The molecule has 16 heavy (non-hydrogen) atoms. The van der Waals surface area contributed by atoms with Crippen molar-refractivity contribution in [2.24, 2.45) is 5.73 Å². The summed E-state index contributed by atoms with van der Waals surface area (Å²) in [4.78, 5) is 0. The summed E-state index contributed by atoms with van der Waals surface area (Å²) in [6.07, 6.45) is 4.73. The molecule has 0 radical (unpaired) electrons. The van der Waals surface area contributed by atoms with Crippen LogP contribution in [0.25, 0.3) is 0 Å². The highest BCUT2D eigenvalue weighted by Gasteiger charge is 2.19. The van der Waals surface area contributed by atoms with E-state index in [2.05, 4.69) is 32.0 Å². The largest absolute Gasteiger partial charge is 0.490 e. The van der Waals surface area contributed by atoms with Crippen molar-refractivity contribution in [2.45, 2.75) is 51.7 Å². The zero-order chi connectivity index (χ0) is 11.5. The minimum atomic E-state index is 0.362. The van der Waals surface area contributed by atoms with Gasteiger partial charge in [-0.2, -0.15) is 0 Å². The standard InChI is InChI=1S/C14H21NO/c1-10-7-11(2)9-14(8-10)16-13-5-3-12(15)4-6-13/h7-9,12-13H,3-6,15H2,1-2H3. The van der Waals surface area contributed by atoms with E-state index in [0.29, 0.717) is 12.1 Å². The predicted molar refractivity (Wildman–Crippen MR) is 66.8 cm³/mol. The highest BCUT2D eigenvalue weighted by atomic mass is 16.5. The SMILES string of the molecule is Cc1cc(C)cc(OC2CCC(N)CC2)c1. The molecule has 2 nitrogen and oxygen atoms in total. The van der Waals surface area contributed by atoms with Crippen LogP contribution < -0.4 is 10.5 Å². The molecule has 2 N–H and O–H groups in total. The van der Waals surface area contributed by atoms with E-state index in [-0.39, 0.29) is 0 Å². The number of rotatable bonds is 2. The fourth-order valence-corrected chi connectivity index (χ4v) is 2.40. The van der Waals surface area contributed by atoms with Crippen LogP contribution in [0.2, 0.25) is 0 Å². The number of aryl methyl sites for hydroxylation is 2. The van der Waals surface area contributed by atoms with Gasteiger partial charge in [-0.25, -0.2) is 0 Å². The van der Waals surface area contributed by atoms with Gasteiger partial charge in [0.25, 0.3) is 0 Å². The van der Waals surface area contributed by atoms with Gasteiger partial charge in [-0.05, 0) is 62.8 Å². The monoisotopic (exact) mass is 219 g/mol. The molecule has 1 aliphatic rings. The van der Waals surface area contributed by atoms with Crippen molar-refractivity contribution < 1.29 is 4.74 Å². The molecule has 1 aromatic carbocycles. The molecule has 0 aliphatic heterocycles. The Labute approximate surface area is 97.8 Å². The topological polar surface area (TPSA) is 35.2 Å². The Morgan fingerprint density at radius 1 is 1.00 bits per heavy atom. The Morgan fingerprint density at radius 3 is 2.12 bits per heavy atom. The van der Waals surface area contributed by atoms with Gasteiger partial charge in [-0.1, -0.05) is 6.07 Å². The van der Waals surface area contributed by atoms with E-state index < -0.39 is 0 Å². The molecule has 0 spiro atoms. The fraction of sp³-hybridized carbons (Fsp3) is 0.571. The smallest absolute Gasteiger partial charge is 0.120 e. The summed E-state index contributed by atoms with van der Waals surface area (Å²) in [5.41, 5.74) is 8.42. The summed E-state index contributed by atoms with van der Waals surface area (Å²) in [5, 5.41) is 0. The molecule has 0 heterocycles. The van der Waals surface area contributed by atoms with Crippen LogP contribution in [0.1, 0.15) is 36.8 Å². The zero-order valence-electron chi connectivity index (χ0n) is 10.2. The molecule has 1 saturated carbocycles. The van der Waals surface area contributed by atoms with Crippen LogP contribution >= 0.6 is 0 Å². The van der Waals surface area contributed by atoms with E-state index in [0.717, 1.165) is 31.4 Å². The first-order valence-corrected chi connectivity index (χ1v) is 6.14. The van der Waals surface area contributed by atoms with Crippen LogP contribution in [0.15, 0.2) is 18.2 Å². The van der Waals surface area contributed by atoms with Crippen molar-refractivity contribution in [1.29, 1.82) is 0 Å². The minimum Gasteiger partial charge on any atom is -0.490 e. The molecule has 1 aromatic rings. The molecule has 2 rings (SSSR count). The Kier molecular flexibility index (Phi) is 3.49. The lowest BCUT2D eigenvalue weighted by atomic mass is 9.94. The summed E-state index contributed by atoms with van der Waals surface area (Å²) in [6.45, 7) is 4.22. The van der Waals surface area contributed by atoms with E-state index >= 15 is 0 Å². The molecular weight excluding hydrogens is 198 g/mol. The Hall–Kier alpha value is -1.02. The van der Waals surface area contributed by atoms with Crippen LogP contribution in [-0.4, -0.2) is 12.1 Å². The molecule has 88 valence electrons. The van der Waals surface area contributed by atoms with Gasteiger partial charge in [0.1, 0.15) is 5.75 Å². The summed E-state index contributed by atoms with van der Waals surface area (Å²) >= 11 is 0. The molecule has 0 aromatic heterocycles. The molecule has 0 saturated heterocycles. The van der Waals surface area contributed by atoms with Crippen molar-refractivity contribution in [3.8, 4) is 5.75 Å². The van der Waals surface area contributed by atoms with Gasteiger partial charge in [-0.15, -0.1) is 0 Å². The molecule has 0 atom stereocenters. The second-order valence-corrected chi connectivity index (χ2v) is 4.98. The predicted octanol–water partition coefficient (Wildman–Crippen LogP) is 2.95. The average molecular weight is 219 g/mol. The van der Waals surface area contributed by atoms with Crippen LogP contribution in [-0.2, 0) is 0 Å². The highest BCUT2D eigenvalue weighted by Crippen LogP contribution is 2.24. The molecule has 0 unspecified atom stereocenters. The first kappa shape index (κ1) is 11.5. The second kappa shape index (κ2) is 4.88. The van der Waals surface area contributed by atoms with Crippen molar-refractivity contribution in [2.75, 3.05) is 0 Å². The van der Waals surface area contributed by atoms with E-state index in [1.165, 1.54) is 11.1 Å². The quantitative estimate of drug-likeness (QED) is 0.830. The normalized spacial score (nSPS) is 25.4. The lowest BCUT2D eigenvalue weighted by Crippen LogP contribution is -2.31. The lowest BCUT2D eigenvalue weighted by molar-refractivity contribution is 0.147. The Bertz CT molecular complexity index is 334. The molecule has 0 amide bonds. The van der Waals surface area contributed by atoms with Gasteiger partial charge in [0.2, 0.25) is 0 Å². The Morgan fingerprint density at radius 2 is 1.56 bits per heavy atom. The third-order valence-corrected chi connectivity index (χ3v) is 3.22. The first-order chi connectivity index (χ1) is 7.63. The van der Waals surface area contributed by atoms with Gasteiger partial charge in [0, 0.05) is 6.04 Å². The number of nitrogens with two attached hydrogens (primary N) is 1. The van der Waals surface area contributed by atoms with Gasteiger partial charge >= 0.3 is 0 Å². The summed E-state index contributed by atoms with van der Waals surface area (Å²) in [5.74, 6) is 1.01. The number of benzene rings is 1. The maximum absolute atomic E-state index is 6.01. The molecular formula is C14H21NO. The van der Waals surface area contributed by atoms with E-state index in [4.69, 9.17) is 10.5 Å².